The van der Waals surface area contributed by atoms with Crippen LogP contribution in [0.25, 0.3) is 0 Å². The van der Waals surface area contributed by atoms with Crippen molar-refractivity contribution in [1.29, 1.82) is 0 Å². The number of carbonyl (C=O) groups is 1. The van der Waals surface area contributed by atoms with E-state index in [4.69, 9.17) is 4.74 Å². The molecule has 4 heteroatoms. The summed E-state index contributed by atoms with van der Waals surface area (Å²) in [6.45, 7) is 7.82. The average Bonchev–Trinajstić information content (AvgIpc) is 2.60. The van der Waals surface area contributed by atoms with Crippen molar-refractivity contribution >= 4 is 5.91 Å². The van der Waals surface area contributed by atoms with Gasteiger partial charge in [-0.05, 0) is 49.4 Å². The molecule has 2 rings (SSSR count). The van der Waals surface area contributed by atoms with Gasteiger partial charge in [-0.1, -0.05) is 38.1 Å². The number of hydrogen-bond donors (Lipinski definition) is 2. The van der Waals surface area contributed by atoms with E-state index in [1.165, 1.54) is 11.1 Å². The Morgan fingerprint density at radius 3 is 2.50 bits per heavy atom. The maximum atomic E-state index is 12.2. The monoisotopic (exact) mass is 332 g/mol. The third-order valence-corrected chi connectivity index (χ3v) is 5.06. The van der Waals surface area contributed by atoms with E-state index in [0.29, 0.717) is 25.5 Å². The maximum Gasteiger partial charge on any atom is 0.220 e. The highest BCUT2D eigenvalue weighted by Gasteiger charge is 2.32. The summed E-state index contributed by atoms with van der Waals surface area (Å²) in [4.78, 5) is 12.2. The third kappa shape index (κ3) is 5.60. The van der Waals surface area contributed by atoms with Crippen molar-refractivity contribution in [3.8, 4) is 0 Å². The van der Waals surface area contributed by atoms with E-state index in [0.717, 1.165) is 32.4 Å². The van der Waals surface area contributed by atoms with Gasteiger partial charge in [-0.25, -0.2) is 0 Å². The van der Waals surface area contributed by atoms with Crippen LogP contribution in [0.1, 0.15) is 50.2 Å². The summed E-state index contributed by atoms with van der Waals surface area (Å²) in [7, 11) is 1.74. The second kappa shape index (κ2) is 9.19. The van der Waals surface area contributed by atoms with E-state index < -0.39 is 0 Å². The molecule has 0 spiro atoms. The number of carbonyl (C=O) groups excluding carboxylic acids is 1. The zero-order valence-electron chi connectivity index (χ0n) is 15.4. The summed E-state index contributed by atoms with van der Waals surface area (Å²) in [5.74, 6) is 0.682. The van der Waals surface area contributed by atoms with Crippen LogP contribution in [0, 0.1) is 5.41 Å². The van der Waals surface area contributed by atoms with Crippen LogP contribution in [0.4, 0.5) is 0 Å². The van der Waals surface area contributed by atoms with Crippen molar-refractivity contribution in [2.75, 3.05) is 33.4 Å². The minimum atomic E-state index is 0.0918. The molecule has 0 saturated carbocycles. The first-order valence-electron chi connectivity index (χ1n) is 9.10. The smallest absolute Gasteiger partial charge is 0.220 e. The van der Waals surface area contributed by atoms with Crippen molar-refractivity contribution < 1.29 is 9.53 Å². The van der Waals surface area contributed by atoms with Gasteiger partial charge in [-0.3, -0.25) is 4.79 Å². The molecule has 1 aromatic rings. The number of nitrogens with one attached hydrogen (secondary N) is 2. The minimum absolute atomic E-state index is 0.0918. The van der Waals surface area contributed by atoms with Crippen molar-refractivity contribution in [2.24, 2.45) is 5.41 Å². The van der Waals surface area contributed by atoms with Gasteiger partial charge < -0.3 is 15.4 Å². The topological polar surface area (TPSA) is 50.4 Å². The first-order valence-corrected chi connectivity index (χ1v) is 9.10. The Labute approximate surface area is 146 Å². The minimum Gasteiger partial charge on any atom is -0.384 e. The fourth-order valence-electron chi connectivity index (χ4n) is 3.34. The molecule has 0 aliphatic carbocycles. The Bertz CT molecular complexity index is 499. The number of hydrogen-bond acceptors (Lipinski definition) is 3. The summed E-state index contributed by atoms with van der Waals surface area (Å²) >= 11 is 0. The number of aryl methyl sites for hydroxylation is 1. The molecule has 2 N–H and O–H groups in total. The van der Waals surface area contributed by atoms with Crippen LogP contribution >= 0.6 is 0 Å². The Hall–Kier alpha value is -1.39. The molecule has 1 amide bonds. The van der Waals surface area contributed by atoms with E-state index in [2.05, 4.69) is 48.7 Å². The zero-order valence-corrected chi connectivity index (χ0v) is 15.4. The number of amides is 1. The second-order valence-electron chi connectivity index (χ2n) is 7.36. The quantitative estimate of drug-likeness (QED) is 0.770. The molecule has 1 aliphatic heterocycles. The molecule has 24 heavy (non-hydrogen) atoms. The van der Waals surface area contributed by atoms with E-state index in [9.17, 15) is 4.79 Å². The second-order valence-corrected chi connectivity index (χ2v) is 7.36. The summed E-state index contributed by atoms with van der Waals surface area (Å²) in [6.07, 6.45) is 3.45. The molecule has 1 saturated heterocycles. The van der Waals surface area contributed by atoms with Crippen LogP contribution in [-0.2, 0) is 16.0 Å². The summed E-state index contributed by atoms with van der Waals surface area (Å²) in [5.41, 5.74) is 2.66. The lowest BCUT2D eigenvalue weighted by Gasteiger charge is -2.37. The van der Waals surface area contributed by atoms with Gasteiger partial charge in [0.25, 0.3) is 0 Å². The zero-order chi connectivity index (χ0) is 17.4. The van der Waals surface area contributed by atoms with Crippen LogP contribution in [0.3, 0.4) is 0 Å². The molecular formula is C20H32N2O2. The van der Waals surface area contributed by atoms with Crippen molar-refractivity contribution in [1.82, 2.24) is 10.6 Å². The molecule has 0 radical (unpaired) electrons. The summed E-state index contributed by atoms with van der Waals surface area (Å²) in [6, 6.07) is 8.62. The van der Waals surface area contributed by atoms with Crippen LogP contribution in [0.5, 0.6) is 0 Å². The SMILES string of the molecule is COCC1(CNC(=O)CCc2ccc(C(C)C)cc2)CCNCC1. The largest absolute Gasteiger partial charge is 0.384 e. The van der Waals surface area contributed by atoms with E-state index in [-0.39, 0.29) is 11.3 Å². The molecule has 0 atom stereocenters. The lowest BCUT2D eigenvalue weighted by molar-refractivity contribution is -0.122. The Kier molecular flexibility index (Phi) is 7.25. The maximum absolute atomic E-state index is 12.2. The van der Waals surface area contributed by atoms with E-state index >= 15 is 0 Å². The highest BCUT2D eigenvalue weighted by Crippen LogP contribution is 2.28. The van der Waals surface area contributed by atoms with E-state index in [1.54, 1.807) is 7.11 Å². The van der Waals surface area contributed by atoms with Gasteiger partial charge in [0.2, 0.25) is 5.91 Å². The average molecular weight is 332 g/mol. The van der Waals surface area contributed by atoms with Gasteiger partial charge in [0.05, 0.1) is 6.61 Å². The first-order chi connectivity index (χ1) is 11.5. The highest BCUT2D eigenvalue weighted by atomic mass is 16.5. The number of ether oxygens (including phenoxy) is 1. The standard InChI is InChI=1S/C20H32N2O2/c1-16(2)18-7-4-17(5-8-18)6-9-19(23)22-14-20(15-24-3)10-12-21-13-11-20/h4-5,7-8,16,21H,6,9-15H2,1-3H3,(H,22,23). The molecule has 4 nitrogen and oxygen atoms in total. The van der Waals surface area contributed by atoms with Crippen LogP contribution in [-0.4, -0.2) is 39.3 Å². The van der Waals surface area contributed by atoms with Gasteiger partial charge in [-0.2, -0.15) is 0 Å². The van der Waals surface area contributed by atoms with Gasteiger partial charge in [-0.15, -0.1) is 0 Å². The number of benzene rings is 1. The van der Waals surface area contributed by atoms with Crippen molar-refractivity contribution in [3.05, 3.63) is 35.4 Å². The van der Waals surface area contributed by atoms with Gasteiger partial charge in [0.1, 0.15) is 0 Å². The molecular weight excluding hydrogens is 300 g/mol. The lowest BCUT2D eigenvalue weighted by atomic mass is 9.79. The van der Waals surface area contributed by atoms with E-state index in [1.807, 2.05) is 0 Å². The van der Waals surface area contributed by atoms with Crippen LogP contribution < -0.4 is 10.6 Å². The summed E-state index contributed by atoms with van der Waals surface area (Å²) < 4.78 is 5.40. The number of piperidine rings is 1. The Morgan fingerprint density at radius 2 is 1.92 bits per heavy atom. The number of methoxy groups -OCH3 is 1. The van der Waals surface area contributed by atoms with Crippen LogP contribution in [0.15, 0.2) is 24.3 Å². The predicted molar refractivity (Wildman–Crippen MR) is 98.3 cm³/mol. The summed E-state index contributed by atoms with van der Waals surface area (Å²) in [5, 5.41) is 6.51. The highest BCUT2D eigenvalue weighted by molar-refractivity contribution is 5.76. The van der Waals surface area contributed by atoms with Crippen molar-refractivity contribution in [3.63, 3.8) is 0 Å². The van der Waals surface area contributed by atoms with Gasteiger partial charge >= 0.3 is 0 Å². The third-order valence-electron chi connectivity index (χ3n) is 5.06. The van der Waals surface area contributed by atoms with Crippen LogP contribution in [0.2, 0.25) is 0 Å². The first kappa shape index (κ1) is 18.9. The normalized spacial score (nSPS) is 17.0. The molecule has 1 heterocycles. The molecule has 1 aliphatic rings. The molecule has 0 bridgehead atoms. The van der Waals surface area contributed by atoms with Crippen molar-refractivity contribution in [2.45, 2.75) is 45.4 Å². The number of rotatable bonds is 8. The predicted octanol–water partition coefficient (Wildman–Crippen LogP) is 2.88. The fourth-order valence-corrected chi connectivity index (χ4v) is 3.34. The lowest BCUT2D eigenvalue weighted by Crippen LogP contribution is -2.47. The molecule has 1 fully saturated rings. The van der Waals surface area contributed by atoms with Gasteiger partial charge in [0.15, 0.2) is 0 Å². The molecule has 134 valence electrons. The Balaban J connectivity index is 1.78. The molecule has 1 aromatic carbocycles. The Morgan fingerprint density at radius 1 is 1.25 bits per heavy atom. The molecule has 0 aromatic heterocycles. The fraction of sp³-hybridized carbons (Fsp3) is 0.650. The molecule has 0 unspecified atom stereocenters. The van der Waals surface area contributed by atoms with Gasteiger partial charge in [0, 0.05) is 25.5 Å².